The van der Waals surface area contributed by atoms with Gasteiger partial charge < -0.3 is 11.1 Å². The van der Waals surface area contributed by atoms with E-state index in [1.54, 1.807) is 0 Å². The minimum absolute atomic E-state index is 0.253. The zero-order valence-corrected chi connectivity index (χ0v) is 12.0. The van der Waals surface area contributed by atoms with Gasteiger partial charge in [-0.05, 0) is 31.6 Å². The van der Waals surface area contributed by atoms with Crippen molar-refractivity contribution in [3.63, 3.8) is 0 Å². The lowest BCUT2D eigenvalue weighted by Crippen LogP contribution is -2.54. The molecular formula is C12H26N2OS. The van der Waals surface area contributed by atoms with Gasteiger partial charge in [0.15, 0.2) is 0 Å². The Morgan fingerprint density at radius 1 is 1.44 bits per heavy atom. The van der Waals surface area contributed by atoms with Crippen molar-refractivity contribution in [1.82, 2.24) is 5.32 Å². The monoisotopic (exact) mass is 246 g/mol. The molecule has 0 saturated carbocycles. The number of rotatable bonds is 8. The van der Waals surface area contributed by atoms with E-state index < -0.39 is 5.54 Å². The van der Waals surface area contributed by atoms with Gasteiger partial charge in [-0.2, -0.15) is 11.8 Å². The summed E-state index contributed by atoms with van der Waals surface area (Å²) in [6, 6.07) is 0. The van der Waals surface area contributed by atoms with Crippen LogP contribution in [0.1, 0.15) is 47.5 Å². The normalized spacial score (nSPS) is 17.1. The summed E-state index contributed by atoms with van der Waals surface area (Å²) in [5, 5.41) is 4.28. The highest BCUT2D eigenvalue weighted by atomic mass is 32.2. The lowest BCUT2D eigenvalue weighted by atomic mass is 9.95. The van der Waals surface area contributed by atoms with Gasteiger partial charge in [-0.15, -0.1) is 0 Å². The summed E-state index contributed by atoms with van der Waals surface area (Å²) < 4.78 is 0. The molecule has 0 aromatic carbocycles. The molecule has 1 amide bonds. The van der Waals surface area contributed by atoms with Gasteiger partial charge in [-0.3, -0.25) is 4.79 Å². The van der Waals surface area contributed by atoms with Crippen LogP contribution in [0.25, 0.3) is 0 Å². The number of hydrogen-bond donors (Lipinski definition) is 2. The lowest BCUT2D eigenvalue weighted by molar-refractivity contribution is -0.124. The standard InChI is InChI=1S/C12H26N2OS/c1-6-7-14-12(5,11(13)15)8-10(4)16-9(2)3/h9-10,14H,6-8H2,1-5H3,(H2,13,15). The maximum absolute atomic E-state index is 11.5. The molecule has 0 aliphatic heterocycles. The third-order valence-electron chi connectivity index (χ3n) is 2.51. The number of carbonyl (C=O) groups is 1. The van der Waals surface area contributed by atoms with Crippen molar-refractivity contribution in [1.29, 1.82) is 0 Å². The maximum Gasteiger partial charge on any atom is 0.237 e. The molecule has 0 saturated heterocycles. The Bertz CT molecular complexity index is 221. The van der Waals surface area contributed by atoms with E-state index in [0.29, 0.717) is 10.5 Å². The first kappa shape index (κ1) is 15.8. The molecule has 2 unspecified atom stereocenters. The summed E-state index contributed by atoms with van der Waals surface area (Å²) in [5.74, 6) is -0.253. The number of nitrogens with two attached hydrogens (primary N) is 1. The fourth-order valence-corrected chi connectivity index (χ4v) is 3.11. The Morgan fingerprint density at radius 2 is 2.00 bits per heavy atom. The molecule has 0 aromatic heterocycles. The topological polar surface area (TPSA) is 55.1 Å². The highest BCUT2D eigenvalue weighted by Gasteiger charge is 2.32. The fourth-order valence-electron chi connectivity index (χ4n) is 1.75. The molecule has 0 fully saturated rings. The van der Waals surface area contributed by atoms with Gasteiger partial charge in [0.2, 0.25) is 5.91 Å². The molecule has 0 rings (SSSR count). The average molecular weight is 246 g/mol. The molecule has 0 aromatic rings. The highest BCUT2D eigenvalue weighted by Crippen LogP contribution is 2.25. The van der Waals surface area contributed by atoms with E-state index >= 15 is 0 Å². The molecule has 0 radical (unpaired) electrons. The lowest BCUT2D eigenvalue weighted by Gasteiger charge is -2.30. The fraction of sp³-hybridized carbons (Fsp3) is 0.917. The van der Waals surface area contributed by atoms with Crippen molar-refractivity contribution in [3.8, 4) is 0 Å². The molecule has 4 heteroatoms. The largest absolute Gasteiger partial charge is 0.368 e. The van der Waals surface area contributed by atoms with Gasteiger partial charge in [-0.25, -0.2) is 0 Å². The third kappa shape index (κ3) is 5.75. The van der Waals surface area contributed by atoms with Crippen LogP contribution < -0.4 is 11.1 Å². The third-order valence-corrected chi connectivity index (χ3v) is 3.68. The predicted molar refractivity (Wildman–Crippen MR) is 72.7 cm³/mol. The van der Waals surface area contributed by atoms with Crippen LogP contribution in [0.4, 0.5) is 0 Å². The van der Waals surface area contributed by atoms with Gasteiger partial charge in [0.25, 0.3) is 0 Å². The van der Waals surface area contributed by atoms with Gasteiger partial charge in [-0.1, -0.05) is 27.7 Å². The zero-order valence-electron chi connectivity index (χ0n) is 11.2. The quantitative estimate of drug-likeness (QED) is 0.690. The summed E-state index contributed by atoms with van der Waals surface area (Å²) >= 11 is 1.88. The van der Waals surface area contributed by atoms with Crippen LogP contribution in [0.5, 0.6) is 0 Å². The Hall–Kier alpha value is -0.220. The number of thioether (sulfide) groups is 1. The smallest absolute Gasteiger partial charge is 0.237 e. The molecule has 0 bridgehead atoms. The minimum atomic E-state index is -0.572. The van der Waals surface area contributed by atoms with Crippen LogP contribution in [-0.2, 0) is 4.79 Å². The molecule has 96 valence electrons. The molecule has 0 aliphatic rings. The van der Waals surface area contributed by atoms with Gasteiger partial charge >= 0.3 is 0 Å². The number of primary amides is 1. The van der Waals surface area contributed by atoms with E-state index in [9.17, 15) is 4.79 Å². The van der Waals surface area contributed by atoms with E-state index in [1.165, 1.54) is 0 Å². The van der Waals surface area contributed by atoms with Crippen LogP contribution >= 0.6 is 11.8 Å². The Labute approximate surface area is 104 Å². The highest BCUT2D eigenvalue weighted by molar-refractivity contribution is 8.00. The number of carbonyl (C=O) groups excluding carboxylic acids is 1. The number of hydrogen-bond acceptors (Lipinski definition) is 3. The first-order chi connectivity index (χ1) is 7.31. The van der Waals surface area contributed by atoms with Gasteiger partial charge in [0.1, 0.15) is 0 Å². The first-order valence-electron chi connectivity index (χ1n) is 6.02. The van der Waals surface area contributed by atoms with Crippen molar-refractivity contribution in [2.45, 2.75) is 63.5 Å². The Morgan fingerprint density at radius 3 is 2.38 bits per heavy atom. The van der Waals surface area contributed by atoms with Gasteiger partial charge in [0.05, 0.1) is 5.54 Å². The SMILES string of the molecule is CCCNC(C)(CC(C)SC(C)C)C(N)=O. The number of nitrogens with one attached hydrogen (secondary N) is 1. The van der Waals surface area contributed by atoms with Crippen molar-refractivity contribution in [2.24, 2.45) is 5.73 Å². The summed E-state index contributed by atoms with van der Waals surface area (Å²) in [6.07, 6.45) is 1.79. The van der Waals surface area contributed by atoms with E-state index in [1.807, 2.05) is 18.7 Å². The molecule has 3 N–H and O–H groups in total. The van der Waals surface area contributed by atoms with Crippen LogP contribution in [-0.4, -0.2) is 28.5 Å². The number of amides is 1. The summed E-state index contributed by atoms with van der Waals surface area (Å²) in [5.41, 5.74) is 4.91. The summed E-state index contributed by atoms with van der Waals surface area (Å²) in [4.78, 5) is 11.5. The summed E-state index contributed by atoms with van der Waals surface area (Å²) in [7, 11) is 0. The van der Waals surface area contributed by atoms with E-state index in [0.717, 1.165) is 19.4 Å². The van der Waals surface area contributed by atoms with Crippen LogP contribution in [0.2, 0.25) is 0 Å². The first-order valence-corrected chi connectivity index (χ1v) is 6.96. The zero-order chi connectivity index (χ0) is 12.8. The van der Waals surface area contributed by atoms with Crippen molar-refractivity contribution in [3.05, 3.63) is 0 Å². The predicted octanol–water partition coefficient (Wildman–Crippen LogP) is 2.15. The maximum atomic E-state index is 11.5. The van der Waals surface area contributed by atoms with Crippen LogP contribution in [0, 0.1) is 0 Å². The molecule has 0 spiro atoms. The second-order valence-electron chi connectivity index (χ2n) is 4.82. The Kier molecular flexibility index (Phi) is 7.07. The van der Waals surface area contributed by atoms with Gasteiger partial charge in [0, 0.05) is 5.25 Å². The average Bonchev–Trinajstić information content (AvgIpc) is 2.12. The molecule has 16 heavy (non-hydrogen) atoms. The minimum Gasteiger partial charge on any atom is -0.368 e. The van der Waals surface area contributed by atoms with E-state index in [2.05, 4.69) is 33.0 Å². The van der Waals surface area contributed by atoms with Crippen molar-refractivity contribution >= 4 is 17.7 Å². The molecule has 0 heterocycles. The second kappa shape index (κ2) is 7.17. The van der Waals surface area contributed by atoms with Crippen molar-refractivity contribution in [2.75, 3.05) is 6.54 Å². The van der Waals surface area contributed by atoms with Crippen LogP contribution in [0.3, 0.4) is 0 Å². The van der Waals surface area contributed by atoms with E-state index in [-0.39, 0.29) is 5.91 Å². The van der Waals surface area contributed by atoms with Crippen molar-refractivity contribution < 1.29 is 4.79 Å². The molecular weight excluding hydrogens is 220 g/mol. The van der Waals surface area contributed by atoms with E-state index in [4.69, 9.17) is 5.73 Å². The van der Waals surface area contributed by atoms with Crippen LogP contribution in [0.15, 0.2) is 0 Å². The second-order valence-corrected chi connectivity index (χ2v) is 6.84. The summed E-state index contributed by atoms with van der Waals surface area (Å²) in [6.45, 7) is 11.3. The molecule has 3 nitrogen and oxygen atoms in total. The molecule has 0 aliphatic carbocycles. The Balaban J connectivity index is 4.36. The molecule has 2 atom stereocenters.